The molecule has 1 amide bonds. The first-order valence-electron chi connectivity index (χ1n) is 10.2. The van der Waals surface area contributed by atoms with E-state index < -0.39 is 0 Å². The zero-order valence-corrected chi connectivity index (χ0v) is 16.5. The summed E-state index contributed by atoms with van der Waals surface area (Å²) < 4.78 is 5.34. The molecule has 0 spiro atoms. The molecule has 2 fully saturated rings. The van der Waals surface area contributed by atoms with E-state index in [1.54, 1.807) is 19.5 Å². The van der Waals surface area contributed by atoms with Gasteiger partial charge in [0, 0.05) is 38.1 Å². The second kappa shape index (κ2) is 8.59. The molecule has 148 valence electrons. The van der Waals surface area contributed by atoms with Gasteiger partial charge < -0.3 is 14.5 Å². The molecule has 0 bridgehead atoms. The van der Waals surface area contributed by atoms with Crippen LogP contribution in [0.3, 0.4) is 0 Å². The lowest BCUT2D eigenvalue weighted by Gasteiger charge is -2.35. The van der Waals surface area contributed by atoms with Crippen molar-refractivity contribution in [3.05, 3.63) is 48.3 Å². The number of hydrogen-bond donors (Lipinski definition) is 0. The van der Waals surface area contributed by atoms with Crippen LogP contribution in [0.5, 0.6) is 5.75 Å². The Bertz CT molecular complexity index is 798. The molecule has 0 radical (unpaired) electrons. The van der Waals surface area contributed by atoms with Crippen molar-refractivity contribution in [1.82, 2.24) is 14.9 Å². The van der Waals surface area contributed by atoms with E-state index in [-0.39, 0.29) is 12.0 Å². The van der Waals surface area contributed by atoms with Crippen LogP contribution in [0.25, 0.3) is 0 Å². The molecule has 2 aromatic rings. The number of carbonyl (C=O) groups is 1. The summed E-state index contributed by atoms with van der Waals surface area (Å²) in [6.45, 7) is 2.50. The quantitative estimate of drug-likeness (QED) is 0.798. The van der Waals surface area contributed by atoms with Gasteiger partial charge in [0.05, 0.1) is 13.0 Å². The van der Waals surface area contributed by atoms with Crippen molar-refractivity contribution >= 4 is 11.9 Å². The summed E-state index contributed by atoms with van der Waals surface area (Å²) in [7, 11) is 1.69. The fourth-order valence-corrected chi connectivity index (χ4v) is 4.46. The Morgan fingerprint density at radius 1 is 1.14 bits per heavy atom. The Labute approximate surface area is 166 Å². The molecule has 6 nitrogen and oxygen atoms in total. The van der Waals surface area contributed by atoms with Gasteiger partial charge in [0.1, 0.15) is 5.75 Å². The van der Waals surface area contributed by atoms with E-state index in [4.69, 9.17) is 4.74 Å². The molecular weight excluding hydrogens is 352 g/mol. The van der Waals surface area contributed by atoms with Crippen LogP contribution in [0.1, 0.15) is 31.2 Å². The molecule has 0 saturated carbocycles. The Morgan fingerprint density at radius 3 is 2.79 bits per heavy atom. The Hall–Kier alpha value is -2.63. The van der Waals surface area contributed by atoms with Crippen LogP contribution in [0.15, 0.2) is 42.7 Å². The molecule has 2 aliphatic heterocycles. The first-order chi connectivity index (χ1) is 13.7. The van der Waals surface area contributed by atoms with E-state index in [1.807, 2.05) is 18.2 Å². The number of nitrogens with zero attached hydrogens (tertiary/aromatic N) is 4. The van der Waals surface area contributed by atoms with Crippen LogP contribution in [-0.2, 0) is 11.2 Å². The predicted molar refractivity (Wildman–Crippen MR) is 108 cm³/mol. The second-order valence-electron chi connectivity index (χ2n) is 7.72. The lowest BCUT2D eigenvalue weighted by Crippen LogP contribution is -2.47. The van der Waals surface area contributed by atoms with Gasteiger partial charge in [-0.2, -0.15) is 0 Å². The number of rotatable bonds is 5. The molecule has 1 aromatic heterocycles. The molecule has 0 N–H and O–H groups in total. The third-order valence-corrected chi connectivity index (χ3v) is 5.87. The van der Waals surface area contributed by atoms with E-state index >= 15 is 0 Å². The smallest absolute Gasteiger partial charge is 0.227 e. The van der Waals surface area contributed by atoms with Gasteiger partial charge in [-0.25, -0.2) is 9.97 Å². The first-order valence-corrected chi connectivity index (χ1v) is 10.2. The second-order valence-corrected chi connectivity index (χ2v) is 7.72. The van der Waals surface area contributed by atoms with Crippen LogP contribution in [-0.4, -0.2) is 53.6 Å². The van der Waals surface area contributed by atoms with E-state index in [0.29, 0.717) is 12.5 Å². The maximum atomic E-state index is 13.3. The van der Waals surface area contributed by atoms with Crippen molar-refractivity contribution in [3.8, 4) is 5.75 Å². The largest absolute Gasteiger partial charge is 0.497 e. The van der Waals surface area contributed by atoms with Crippen molar-refractivity contribution in [2.75, 3.05) is 31.6 Å². The Kier molecular flexibility index (Phi) is 5.74. The molecule has 28 heavy (non-hydrogen) atoms. The number of aromatic nitrogens is 2. The average molecular weight is 380 g/mol. The molecule has 3 heterocycles. The third-order valence-electron chi connectivity index (χ3n) is 5.87. The topological polar surface area (TPSA) is 58.6 Å². The summed E-state index contributed by atoms with van der Waals surface area (Å²) in [4.78, 5) is 26.3. The van der Waals surface area contributed by atoms with Crippen LogP contribution in [0.4, 0.5) is 5.95 Å². The van der Waals surface area contributed by atoms with E-state index in [9.17, 15) is 4.79 Å². The van der Waals surface area contributed by atoms with Gasteiger partial charge in [-0.1, -0.05) is 12.1 Å². The minimum Gasteiger partial charge on any atom is -0.497 e. The first kappa shape index (κ1) is 18.7. The van der Waals surface area contributed by atoms with Gasteiger partial charge in [-0.05, 0) is 55.9 Å². The fourth-order valence-electron chi connectivity index (χ4n) is 4.46. The molecule has 2 unspecified atom stereocenters. The number of hydrogen-bond acceptors (Lipinski definition) is 5. The number of amides is 1. The molecule has 2 aliphatic rings. The van der Waals surface area contributed by atoms with Crippen LogP contribution < -0.4 is 9.64 Å². The highest BCUT2D eigenvalue weighted by molar-refractivity contribution is 5.80. The highest BCUT2D eigenvalue weighted by Crippen LogP contribution is 2.28. The third kappa shape index (κ3) is 4.11. The number of benzene rings is 1. The minimum absolute atomic E-state index is 0.0310. The van der Waals surface area contributed by atoms with Crippen molar-refractivity contribution in [2.45, 2.75) is 38.1 Å². The number of methoxy groups -OCH3 is 1. The summed E-state index contributed by atoms with van der Waals surface area (Å²) >= 11 is 0. The SMILES string of the molecule is COc1cccc(CC2CCCN2C(=O)C2CCCN(c3ncccn3)C2)c1. The van der Waals surface area contributed by atoms with E-state index in [2.05, 4.69) is 31.9 Å². The van der Waals surface area contributed by atoms with E-state index in [0.717, 1.165) is 56.9 Å². The summed E-state index contributed by atoms with van der Waals surface area (Å²) in [5.74, 6) is 1.93. The molecule has 0 aliphatic carbocycles. The van der Waals surface area contributed by atoms with Crippen molar-refractivity contribution in [3.63, 3.8) is 0 Å². The van der Waals surface area contributed by atoms with Crippen LogP contribution in [0, 0.1) is 5.92 Å². The van der Waals surface area contributed by atoms with Gasteiger partial charge in [0.25, 0.3) is 0 Å². The summed E-state index contributed by atoms with van der Waals surface area (Å²) in [6.07, 6.45) is 8.52. The fraction of sp³-hybridized carbons (Fsp3) is 0.500. The van der Waals surface area contributed by atoms with Crippen molar-refractivity contribution in [1.29, 1.82) is 0 Å². The summed E-state index contributed by atoms with van der Waals surface area (Å²) in [6, 6.07) is 10.3. The highest BCUT2D eigenvalue weighted by Gasteiger charge is 2.35. The molecular formula is C22H28N4O2. The van der Waals surface area contributed by atoms with E-state index in [1.165, 1.54) is 5.56 Å². The lowest BCUT2D eigenvalue weighted by molar-refractivity contribution is -0.136. The molecule has 6 heteroatoms. The van der Waals surface area contributed by atoms with Crippen LogP contribution >= 0.6 is 0 Å². The number of piperidine rings is 1. The maximum absolute atomic E-state index is 13.3. The monoisotopic (exact) mass is 380 g/mol. The van der Waals surface area contributed by atoms with Crippen LogP contribution in [0.2, 0.25) is 0 Å². The summed E-state index contributed by atoms with van der Waals surface area (Å²) in [5, 5.41) is 0. The Balaban J connectivity index is 1.42. The number of carbonyl (C=O) groups excluding carboxylic acids is 1. The van der Waals surface area contributed by atoms with Gasteiger partial charge >= 0.3 is 0 Å². The van der Waals surface area contributed by atoms with Crippen molar-refractivity contribution in [2.24, 2.45) is 5.92 Å². The minimum atomic E-state index is 0.0310. The normalized spacial score (nSPS) is 22.3. The van der Waals surface area contributed by atoms with Gasteiger partial charge in [0.15, 0.2) is 0 Å². The lowest BCUT2D eigenvalue weighted by atomic mass is 9.95. The standard InChI is InChI=1S/C22H28N4O2/c1-28-20-9-2-6-17(15-20)14-19-8-4-13-26(19)21(27)18-7-3-12-25(16-18)22-23-10-5-11-24-22/h2,5-6,9-11,15,18-19H,3-4,7-8,12-14,16H2,1H3. The van der Waals surface area contributed by atoms with Crippen molar-refractivity contribution < 1.29 is 9.53 Å². The zero-order valence-electron chi connectivity index (χ0n) is 16.5. The summed E-state index contributed by atoms with van der Waals surface area (Å²) in [5.41, 5.74) is 1.23. The zero-order chi connectivity index (χ0) is 19.3. The molecule has 2 atom stereocenters. The average Bonchev–Trinajstić information content (AvgIpc) is 3.22. The predicted octanol–water partition coefficient (Wildman–Crippen LogP) is 2.94. The van der Waals surface area contributed by atoms with Gasteiger partial charge in [-0.3, -0.25) is 4.79 Å². The van der Waals surface area contributed by atoms with Gasteiger partial charge in [0.2, 0.25) is 11.9 Å². The molecule has 4 rings (SSSR count). The van der Waals surface area contributed by atoms with Gasteiger partial charge in [-0.15, -0.1) is 0 Å². The molecule has 1 aromatic carbocycles. The number of anilines is 1. The highest BCUT2D eigenvalue weighted by atomic mass is 16.5. The Morgan fingerprint density at radius 2 is 1.96 bits per heavy atom. The number of ether oxygens (including phenoxy) is 1. The maximum Gasteiger partial charge on any atom is 0.227 e. The number of likely N-dealkylation sites (tertiary alicyclic amines) is 1. The molecule has 2 saturated heterocycles.